The van der Waals surface area contributed by atoms with Crippen molar-refractivity contribution in [3.63, 3.8) is 0 Å². The van der Waals surface area contributed by atoms with E-state index in [1.807, 2.05) is 0 Å². The molecule has 3 aliphatic rings. The second kappa shape index (κ2) is 5.38. The van der Waals surface area contributed by atoms with Crippen LogP contribution in [0.25, 0.3) is 0 Å². The first-order valence-electron chi connectivity index (χ1n) is 7.26. The van der Waals surface area contributed by atoms with E-state index >= 15 is 0 Å². The second-order valence-corrected chi connectivity index (χ2v) is 6.27. The second-order valence-electron chi connectivity index (χ2n) is 6.27. The van der Waals surface area contributed by atoms with Crippen molar-refractivity contribution in [2.24, 2.45) is 17.3 Å². The lowest BCUT2D eigenvalue weighted by Gasteiger charge is -2.23. The van der Waals surface area contributed by atoms with Gasteiger partial charge in [-0.25, -0.2) is 0 Å². The molecule has 2 aliphatic carbocycles. The zero-order chi connectivity index (χ0) is 11.9. The summed E-state index contributed by atoms with van der Waals surface area (Å²) < 4.78 is 0. The highest BCUT2D eigenvalue weighted by molar-refractivity contribution is 5.85. The van der Waals surface area contributed by atoms with Crippen molar-refractivity contribution >= 4 is 18.3 Å². The summed E-state index contributed by atoms with van der Waals surface area (Å²) in [4.78, 5) is 12.1. The first-order chi connectivity index (χ1) is 8.25. The van der Waals surface area contributed by atoms with Gasteiger partial charge in [0.2, 0.25) is 5.91 Å². The van der Waals surface area contributed by atoms with Crippen LogP contribution in [-0.4, -0.2) is 25.0 Å². The molecule has 0 bridgehead atoms. The van der Waals surface area contributed by atoms with Gasteiger partial charge in [-0.05, 0) is 56.5 Å². The van der Waals surface area contributed by atoms with Crippen molar-refractivity contribution in [1.82, 2.24) is 10.6 Å². The number of hydrogen-bond acceptors (Lipinski definition) is 2. The summed E-state index contributed by atoms with van der Waals surface area (Å²) in [6.07, 6.45) is 7.30. The van der Waals surface area contributed by atoms with Crippen LogP contribution in [0.15, 0.2) is 0 Å². The quantitative estimate of drug-likeness (QED) is 0.823. The molecule has 0 aromatic carbocycles. The lowest BCUT2D eigenvalue weighted by molar-refractivity contribution is -0.123. The van der Waals surface area contributed by atoms with Crippen molar-refractivity contribution in [1.29, 1.82) is 0 Å². The van der Waals surface area contributed by atoms with Crippen LogP contribution in [0.2, 0.25) is 0 Å². The average Bonchev–Trinajstić information content (AvgIpc) is 3.20. The molecule has 1 amide bonds. The zero-order valence-corrected chi connectivity index (χ0v) is 12.0. The monoisotopic (exact) mass is 272 g/mol. The molecule has 1 saturated heterocycles. The molecule has 104 valence electrons. The minimum atomic E-state index is 0. The van der Waals surface area contributed by atoms with E-state index in [0.29, 0.717) is 23.3 Å². The molecule has 2 N–H and O–H groups in total. The Morgan fingerprint density at radius 1 is 1.39 bits per heavy atom. The van der Waals surface area contributed by atoms with Gasteiger partial charge < -0.3 is 10.6 Å². The van der Waals surface area contributed by atoms with E-state index in [1.54, 1.807) is 0 Å². The number of carbonyl (C=O) groups is 1. The molecule has 4 heteroatoms. The largest absolute Gasteiger partial charge is 0.353 e. The van der Waals surface area contributed by atoms with E-state index < -0.39 is 0 Å². The number of hydrogen-bond donors (Lipinski definition) is 2. The molecule has 2 saturated carbocycles. The minimum absolute atomic E-state index is 0. The third-order valence-corrected chi connectivity index (χ3v) is 5.02. The molecule has 3 atom stereocenters. The van der Waals surface area contributed by atoms with Crippen LogP contribution in [0, 0.1) is 17.3 Å². The Balaban J connectivity index is 0.00000120. The molecule has 0 aromatic heterocycles. The molecule has 3 rings (SSSR count). The Morgan fingerprint density at radius 2 is 2.11 bits per heavy atom. The molecule has 18 heavy (non-hydrogen) atoms. The third-order valence-electron chi connectivity index (χ3n) is 5.02. The van der Waals surface area contributed by atoms with E-state index in [-0.39, 0.29) is 12.4 Å². The fourth-order valence-electron chi connectivity index (χ4n) is 3.59. The number of halogens is 1. The van der Waals surface area contributed by atoms with Gasteiger partial charge in [0.25, 0.3) is 0 Å². The summed E-state index contributed by atoms with van der Waals surface area (Å²) >= 11 is 0. The normalized spacial score (nSPS) is 35.7. The van der Waals surface area contributed by atoms with Gasteiger partial charge in [-0.1, -0.05) is 13.3 Å². The summed E-state index contributed by atoms with van der Waals surface area (Å²) in [5.74, 6) is 1.48. The van der Waals surface area contributed by atoms with Crippen LogP contribution >= 0.6 is 12.4 Å². The molecule has 1 heterocycles. The van der Waals surface area contributed by atoms with Crippen molar-refractivity contribution < 1.29 is 4.79 Å². The third kappa shape index (κ3) is 2.67. The van der Waals surface area contributed by atoms with E-state index in [9.17, 15) is 4.79 Å². The highest BCUT2D eigenvalue weighted by Crippen LogP contribution is 2.58. The molecule has 3 nitrogen and oxygen atoms in total. The molecule has 1 spiro atoms. The Kier molecular flexibility index (Phi) is 4.22. The molecule has 3 unspecified atom stereocenters. The fourth-order valence-corrected chi connectivity index (χ4v) is 3.59. The molecule has 0 aromatic rings. The zero-order valence-electron chi connectivity index (χ0n) is 11.2. The standard InChI is InChI=1S/C14H24N2O.ClH/c1-2-3-10-8-12(10)16-13(17)11-9-14(11)4-6-15-7-5-14;/h10-12,15H,2-9H2,1H3,(H,16,17);1H. The number of piperidine rings is 1. The van der Waals surface area contributed by atoms with E-state index in [0.717, 1.165) is 25.4 Å². The first-order valence-corrected chi connectivity index (χ1v) is 7.26. The van der Waals surface area contributed by atoms with E-state index in [1.165, 1.54) is 32.1 Å². The van der Waals surface area contributed by atoms with Gasteiger partial charge in [0.05, 0.1) is 0 Å². The number of rotatable bonds is 4. The Morgan fingerprint density at radius 3 is 2.78 bits per heavy atom. The Labute approximate surface area is 116 Å². The van der Waals surface area contributed by atoms with Crippen LogP contribution in [0.1, 0.15) is 45.4 Å². The fraction of sp³-hybridized carbons (Fsp3) is 0.929. The highest BCUT2D eigenvalue weighted by Gasteiger charge is 2.58. The number of carbonyl (C=O) groups excluding carboxylic acids is 1. The van der Waals surface area contributed by atoms with Crippen molar-refractivity contribution in [2.75, 3.05) is 13.1 Å². The van der Waals surface area contributed by atoms with Gasteiger partial charge in [0.15, 0.2) is 0 Å². The topological polar surface area (TPSA) is 41.1 Å². The van der Waals surface area contributed by atoms with Gasteiger partial charge in [0, 0.05) is 12.0 Å². The maximum atomic E-state index is 12.1. The minimum Gasteiger partial charge on any atom is -0.353 e. The summed E-state index contributed by atoms with van der Waals surface area (Å²) in [6.45, 7) is 4.43. The van der Waals surface area contributed by atoms with Gasteiger partial charge in [0.1, 0.15) is 0 Å². The maximum Gasteiger partial charge on any atom is 0.223 e. The lowest BCUT2D eigenvalue weighted by atomic mass is 9.92. The molecular formula is C14H25ClN2O. The van der Waals surface area contributed by atoms with Crippen LogP contribution in [0.4, 0.5) is 0 Å². The Hall–Kier alpha value is -0.280. The summed E-state index contributed by atoms with van der Waals surface area (Å²) in [5, 5.41) is 6.65. The lowest BCUT2D eigenvalue weighted by Crippen LogP contribution is -2.34. The summed E-state index contributed by atoms with van der Waals surface area (Å²) in [5.41, 5.74) is 0.393. The molecule has 1 aliphatic heterocycles. The predicted molar refractivity (Wildman–Crippen MR) is 74.8 cm³/mol. The van der Waals surface area contributed by atoms with Gasteiger partial charge in [-0.3, -0.25) is 4.79 Å². The molecular weight excluding hydrogens is 248 g/mol. The van der Waals surface area contributed by atoms with E-state index in [2.05, 4.69) is 17.6 Å². The van der Waals surface area contributed by atoms with Crippen LogP contribution in [0.3, 0.4) is 0 Å². The summed E-state index contributed by atoms with van der Waals surface area (Å²) in [6, 6.07) is 0.516. The molecule has 3 fully saturated rings. The molecule has 0 radical (unpaired) electrons. The average molecular weight is 273 g/mol. The van der Waals surface area contributed by atoms with E-state index in [4.69, 9.17) is 0 Å². The van der Waals surface area contributed by atoms with Gasteiger partial charge >= 0.3 is 0 Å². The van der Waals surface area contributed by atoms with Crippen molar-refractivity contribution in [2.45, 2.75) is 51.5 Å². The Bertz CT molecular complexity index is 315. The summed E-state index contributed by atoms with van der Waals surface area (Å²) in [7, 11) is 0. The van der Waals surface area contributed by atoms with Crippen LogP contribution < -0.4 is 10.6 Å². The SMILES string of the molecule is CCCC1CC1NC(=O)C1CC12CCNCC2.Cl. The van der Waals surface area contributed by atoms with Crippen LogP contribution in [0.5, 0.6) is 0 Å². The number of nitrogens with one attached hydrogen (secondary N) is 2. The van der Waals surface area contributed by atoms with Crippen LogP contribution in [-0.2, 0) is 4.79 Å². The maximum absolute atomic E-state index is 12.1. The number of amides is 1. The predicted octanol–water partition coefficient (Wildman–Crippen LogP) is 2.10. The first kappa shape index (κ1) is 14.1. The highest BCUT2D eigenvalue weighted by atomic mass is 35.5. The van der Waals surface area contributed by atoms with Gasteiger partial charge in [-0.2, -0.15) is 0 Å². The van der Waals surface area contributed by atoms with Gasteiger partial charge in [-0.15, -0.1) is 12.4 Å². The van der Waals surface area contributed by atoms with Crippen molar-refractivity contribution in [3.8, 4) is 0 Å². The smallest absolute Gasteiger partial charge is 0.223 e. The van der Waals surface area contributed by atoms with Crippen molar-refractivity contribution in [3.05, 3.63) is 0 Å².